The van der Waals surface area contributed by atoms with Crippen molar-refractivity contribution in [3.63, 3.8) is 0 Å². The molecule has 2 aliphatic heterocycles. The molecule has 0 spiro atoms. The van der Waals surface area contributed by atoms with Crippen LogP contribution in [-0.4, -0.2) is 66.4 Å². The lowest BCUT2D eigenvalue weighted by Crippen LogP contribution is -2.52. The molecule has 4 rings (SSSR count). The second-order valence-electron chi connectivity index (χ2n) is 8.85. The molecule has 2 amide bonds. The fraction of sp³-hybridized carbons (Fsp3) is 0.360. The van der Waals surface area contributed by atoms with Crippen molar-refractivity contribution in [1.29, 1.82) is 0 Å². The number of pyridine rings is 1. The maximum Gasteiger partial charge on any atom is 0.323 e. The molecule has 190 valence electrons. The van der Waals surface area contributed by atoms with E-state index in [0.717, 1.165) is 16.1 Å². The van der Waals surface area contributed by atoms with Crippen LogP contribution in [0.3, 0.4) is 0 Å². The van der Waals surface area contributed by atoms with E-state index >= 15 is 0 Å². The molecule has 10 nitrogen and oxygen atoms in total. The first-order valence-corrected chi connectivity index (χ1v) is 13.2. The largest absolute Gasteiger partial charge is 0.618 e. The summed E-state index contributed by atoms with van der Waals surface area (Å²) in [6.45, 7) is 5.31. The second-order valence-corrected chi connectivity index (χ2v) is 10.7. The molecule has 2 aliphatic rings. The Morgan fingerprint density at radius 3 is 2.61 bits per heavy atom. The maximum atomic E-state index is 13.5. The molecule has 0 saturated carbocycles. The third kappa shape index (κ3) is 4.63. The zero-order chi connectivity index (χ0) is 26.0. The Morgan fingerprint density at radius 2 is 1.97 bits per heavy atom. The Bertz CT molecular complexity index is 1290. The van der Waals surface area contributed by atoms with Gasteiger partial charge >= 0.3 is 15.0 Å². The van der Waals surface area contributed by atoms with Crippen molar-refractivity contribution in [3.8, 4) is 0 Å². The Hall–Kier alpha value is -3.57. The van der Waals surface area contributed by atoms with Crippen molar-refractivity contribution in [1.82, 2.24) is 14.5 Å². The highest BCUT2D eigenvalue weighted by molar-refractivity contribution is 7.89. The number of sulfonamides is 1. The number of aromatic nitrogens is 1. The molecule has 1 N–H and O–H groups in total. The van der Waals surface area contributed by atoms with Crippen LogP contribution in [0, 0.1) is 5.21 Å². The Kier molecular flexibility index (Phi) is 7.23. The number of carbonyl (C=O) groups is 3. The van der Waals surface area contributed by atoms with Crippen LogP contribution in [-0.2, 0) is 19.6 Å². The predicted octanol–water partition coefficient (Wildman–Crippen LogP) is 1.10. The van der Waals surface area contributed by atoms with E-state index in [0.29, 0.717) is 18.4 Å². The van der Waals surface area contributed by atoms with E-state index < -0.39 is 57.3 Å². The monoisotopic (exact) mass is 512 g/mol. The van der Waals surface area contributed by atoms with Gasteiger partial charge in [-0.1, -0.05) is 38.1 Å². The number of fused-ring (bicyclic) bond motifs is 1. The van der Waals surface area contributed by atoms with Gasteiger partial charge in [-0.15, -0.1) is 0 Å². The van der Waals surface area contributed by atoms with Gasteiger partial charge in [0.2, 0.25) is 5.91 Å². The van der Waals surface area contributed by atoms with E-state index in [1.165, 1.54) is 23.1 Å². The van der Waals surface area contributed by atoms with Crippen molar-refractivity contribution in [2.75, 3.05) is 13.1 Å². The highest BCUT2D eigenvalue weighted by Gasteiger charge is 2.55. The first-order valence-electron chi connectivity index (χ1n) is 11.8. The molecule has 1 aromatic heterocycles. The molecule has 2 fully saturated rings. The summed E-state index contributed by atoms with van der Waals surface area (Å²) in [6.07, 6.45) is 3.96. The number of nitrogens with zero attached hydrogens (tertiary/aromatic N) is 3. The van der Waals surface area contributed by atoms with Gasteiger partial charge < -0.3 is 15.4 Å². The molecule has 3 unspecified atom stereocenters. The number of hydrogen-bond acceptors (Lipinski definition) is 6. The number of carbonyl (C=O) groups excluding carboxylic acids is 3. The second kappa shape index (κ2) is 10.2. The van der Waals surface area contributed by atoms with Gasteiger partial charge in [0.15, 0.2) is 12.0 Å². The summed E-state index contributed by atoms with van der Waals surface area (Å²) in [6, 6.07) is 8.21. The topological polar surface area (TPSA) is 131 Å². The number of nitrogens with one attached hydrogen (secondary N) is 1. The molecule has 0 aliphatic carbocycles. The van der Waals surface area contributed by atoms with Crippen molar-refractivity contribution in [3.05, 3.63) is 71.6 Å². The Labute approximate surface area is 209 Å². The molecule has 1 aromatic carbocycles. The highest BCUT2D eigenvalue weighted by atomic mass is 32.2. The Morgan fingerprint density at radius 1 is 1.25 bits per heavy atom. The minimum absolute atomic E-state index is 0.169. The van der Waals surface area contributed by atoms with E-state index in [4.69, 9.17) is 0 Å². The van der Waals surface area contributed by atoms with Crippen molar-refractivity contribution < 1.29 is 27.5 Å². The summed E-state index contributed by atoms with van der Waals surface area (Å²) in [5.74, 6) is -1.25. The van der Waals surface area contributed by atoms with Crippen LogP contribution in [0.5, 0.6) is 0 Å². The van der Waals surface area contributed by atoms with Gasteiger partial charge in [-0.25, -0.2) is 8.42 Å². The van der Waals surface area contributed by atoms with Gasteiger partial charge in [-0.3, -0.25) is 14.4 Å². The van der Waals surface area contributed by atoms with Crippen LogP contribution in [0.2, 0.25) is 0 Å². The van der Waals surface area contributed by atoms with Crippen LogP contribution in [0.15, 0.2) is 60.3 Å². The molecule has 0 radical (unpaired) electrons. The normalized spacial score (nSPS) is 20.7. The third-order valence-electron chi connectivity index (χ3n) is 6.61. The number of Topliss-reactive ketones (excluding diaryl/α,β-unsaturated/α-hetero) is 1. The highest BCUT2D eigenvalue weighted by Crippen LogP contribution is 2.34. The van der Waals surface area contributed by atoms with E-state index in [1.54, 1.807) is 30.3 Å². The lowest BCUT2D eigenvalue weighted by atomic mass is 10.1. The lowest BCUT2D eigenvalue weighted by molar-refractivity contribution is -0.646. The number of benzene rings is 1. The molecule has 3 heterocycles. The first-order chi connectivity index (χ1) is 17.2. The minimum Gasteiger partial charge on any atom is -0.618 e. The smallest absolute Gasteiger partial charge is 0.323 e. The summed E-state index contributed by atoms with van der Waals surface area (Å²) < 4.78 is 27.7. The number of hydrogen-bond donors (Lipinski definition) is 1. The summed E-state index contributed by atoms with van der Waals surface area (Å²) >= 11 is 0. The first kappa shape index (κ1) is 25.5. The van der Waals surface area contributed by atoms with Crippen LogP contribution in [0.4, 0.5) is 0 Å². The average Bonchev–Trinajstić information content (AvgIpc) is 3.45. The van der Waals surface area contributed by atoms with Crippen LogP contribution < -0.4 is 10.0 Å². The summed E-state index contributed by atoms with van der Waals surface area (Å²) in [7, 11) is -4.25. The Balaban J connectivity index is 1.53. The molecule has 2 aromatic rings. The van der Waals surface area contributed by atoms with Crippen molar-refractivity contribution in [2.45, 2.75) is 49.3 Å². The van der Waals surface area contributed by atoms with Gasteiger partial charge in [0.1, 0.15) is 12.1 Å². The quantitative estimate of drug-likeness (QED) is 0.416. The van der Waals surface area contributed by atoms with Crippen LogP contribution in [0.25, 0.3) is 6.08 Å². The van der Waals surface area contributed by atoms with E-state index in [-0.39, 0.29) is 17.7 Å². The number of ketones is 1. The molecule has 0 bridgehead atoms. The van der Waals surface area contributed by atoms with E-state index in [2.05, 4.69) is 11.9 Å². The van der Waals surface area contributed by atoms with Crippen molar-refractivity contribution in [2.24, 2.45) is 0 Å². The van der Waals surface area contributed by atoms with Crippen molar-refractivity contribution >= 4 is 33.7 Å². The number of rotatable bonds is 8. The zero-order valence-corrected chi connectivity index (χ0v) is 20.7. The van der Waals surface area contributed by atoms with E-state index in [9.17, 15) is 28.0 Å². The van der Waals surface area contributed by atoms with E-state index in [1.807, 2.05) is 6.92 Å². The fourth-order valence-electron chi connectivity index (χ4n) is 4.83. The van der Waals surface area contributed by atoms with Gasteiger partial charge in [0.25, 0.3) is 5.91 Å². The fourth-order valence-corrected chi connectivity index (χ4v) is 6.49. The standard InChI is InChI=1S/C25H28N4O6S/c1-3-7-19(26-24(31)18-11-9-17(4-2)10-12-18)25(32)27-15-13-20-23(27)21(30)16-29(20)36(34,35)22-8-5-6-14-28(22)33/h4-6,8-12,14,19-20,23H,2-3,7,13,15-16H2,1H3,(H,26,31). The minimum atomic E-state index is -4.25. The van der Waals surface area contributed by atoms with Gasteiger partial charge in [-0.2, -0.15) is 9.04 Å². The molecule has 3 atom stereocenters. The maximum absolute atomic E-state index is 13.5. The van der Waals surface area contributed by atoms with Gasteiger partial charge in [-0.05, 0) is 36.6 Å². The zero-order valence-electron chi connectivity index (χ0n) is 19.9. The SMILES string of the molecule is C=Cc1ccc(C(=O)NC(CCC)C(=O)N2CCC3C2C(=O)CN3S(=O)(=O)c2cccc[n+]2[O-])cc1. The van der Waals surface area contributed by atoms with Gasteiger partial charge in [0.05, 0.1) is 12.6 Å². The lowest BCUT2D eigenvalue weighted by Gasteiger charge is -2.28. The van der Waals surface area contributed by atoms with Gasteiger partial charge in [0, 0.05) is 24.2 Å². The molecular formula is C25H28N4O6S. The molecule has 36 heavy (non-hydrogen) atoms. The average molecular weight is 513 g/mol. The van der Waals surface area contributed by atoms with Crippen LogP contribution in [0.1, 0.15) is 42.1 Å². The summed E-state index contributed by atoms with van der Waals surface area (Å²) in [4.78, 5) is 40.6. The molecule has 2 saturated heterocycles. The summed E-state index contributed by atoms with van der Waals surface area (Å²) in [5, 5.41) is 14.4. The number of amides is 2. The molecular weight excluding hydrogens is 484 g/mol. The van der Waals surface area contributed by atoms with Crippen LogP contribution >= 0.6 is 0 Å². The number of likely N-dealkylation sites (tertiary alicyclic amines) is 1. The summed E-state index contributed by atoms with van der Waals surface area (Å²) in [5.41, 5.74) is 1.24. The molecule has 11 heteroatoms. The predicted molar refractivity (Wildman–Crippen MR) is 131 cm³/mol. The third-order valence-corrected chi connectivity index (χ3v) is 8.47.